The van der Waals surface area contributed by atoms with Crippen LogP contribution >= 0.6 is 11.3 Å². The van der Waals surface area contributed by atoms with Crippen molar-refractivity contribution in [3.05, 3.63) is 10.4 Å². The molecule has 1 saturated heterocycles. The lowest BCUT2D eigenvalue weighted by atomic mass is 9.97. The van der Waals surface area contributed by atoms with Gasteiger partial charge in [0.25, 0.3) is 0 Å². The number of nitrogens with zero attached hydrogens (tertiary/aromatic N) is 4. The van der Waals surface area contributed by atoms with Gasteiger partial charge in [-0.2, -0.15) is 4.98 Å². The first-order valence-corrected chi connectivity index (χ1v) is 8.55. The normalized spacial score (nSPS) is 20.0. The summed E-state index contributed by atoms with van der Waals surface area (Å²) in [6.45, 7) is 4.07. The van der Waals surface area contributed by atoms with Gasteiger partial charge in [0.2, 0.25) is 5.95 Å². The number of nitrogen functional groups attached to an aromatic ring is 1. The third-order valence-corrected chi connectivity index (χ3v) is 5.80. The van der Waals surface area contributed by atoms with Crippen molar-refractivity contribution in [1.82, 2.24) is 14.9 Å². The van der Waals surface area contributed by atoms with E-state index in [9.17, 15) is 0 Å². The van der Waals surface area contributed by atoms with E-state index in [4.69, 9.17) is 10.7 Å². The minimum absolute atomic E-state index is 0.674. The van der Waals surface area contributed by atoms with Gasteiger partial charge in [0, 0.05) is 31.1 Å². The van der Waals surface area contributed by atoms with Crippen LogP contribution in [0.3, 0.4) is 0 Å². The molecule has 0 aromatic carbocycles. The molecule has 4 rings (SSSR count). The maximum atomic E-state index is 6.28. The van der Waals surface area contributed by atoms with Crippen LogP contribution in [0.25, 0.3) is 10.2 Å². The number of hydrogen-bond donors (Lipinski definition) is 1. The fourth-order valence-corrected chi connectivity index (χ4v) is 4.59. The predicted octanol–water partition coefficient (Wildman–Crippen LogP) is 1.90. The van der Waals surface area contributed by atoms with E-state index in [0.29, 0.717) is 5.82 Å². The molecule has 2 aliphatic rings. The summed E-state index contributed by atoms with van der Waals surface area (Å²) in [7, 11) is 2.16. The zero-order valence-corrected chi connectivity index (χ0v) is 13.2. The van der Waals surface area contributed by atoms with Crippen molar-refractivity contribution >= 4 is 33.3 Å². The molecule has 1 aliphatic heterocycles. The van der Waals surface area contributed by atoms with Crippen LogP contribution < -0.4 is 10.6 Å². The fourth-order valence-electron chi connectivity index (χ4n) is 3.32. The second kappa shape index (κ2) is 5.10. The predicted molar refractivity (Wildman–Crippen MR) is 88.2 cm³/mol. The van der Waals surface area contributed by atoms with Crippen LogP contribution in [0.4, 0.5) is 11.8 Å². The number of thiophene rings is 1. The van der Waals surface area contributed by atoms with Gasteiger partial charge in [-0.1, -0.05) is 0 Å². The van der Waals surface area contributed by atoms with E-state index >= 15 is 0 Å². The molecular weight excluding hydrogens is 282 g/mol. The highest BCUT2D eigenvalue weighted by molar-refractivity contribution is 7.19. The van der Waals surface area contributed by atoms with Crippen molar-refractivity contribution in [2.45, 2.75) is 25.7 Å². The van der Waals surface area contributed by atoms with Crippen LogP contribution in [-0.4, -0.2) is 48.1 Å². The zero-order valence-electron chi connectivity index (χ0n) is 12.4. The quantitative estimate of drug-likeness (QED) is 0.872. The number of hydrogen-bond acceptors (Lipinski definition) is 6. The molecule has 6 heteroatoms. The molecule has 0 spiro atoms. The molecular formula is C15H21N5S. The molecule has 0 saturated carbocycles. The van der Waals surface area contributed by atoms with Gasteiger partial charge in [0.15, 0.2) is 0 Å². The van der Waals surface area contributed by atoms with E-state index in [0.717, 1.165) is 48.8 Å². The number of anilines is 2. The first kappa shape index (κ1) is 13.3. The first-order valence-electron chi connectivity index (χ1n) is 7.73. The van der Waals surface area contributed by atoms with Crippen molar-refractivity contribution in [2.24, 2.45) is 0 Å². The molecule has 0 bridgehead atoms. The first-order chi connectivity index (χ1) is 10.2. The van der Waals surface area contributed by atoms with E-state index in [1.54, 1.807) is 0 Å². The Morgan fingerprint density at radius 1 is 1.05 bits per heavy atom. The van der Waals surface area contributed by atoms with Crippen molar-refractivity contribution in [1.29, 1.82) is 0 Å². The lowest BCUT2D eigenvalue weighted by Gasteiger charge is -2.32. The number of aromatic nitrogens is 2. The molecule has 2 aromatic heterocycles. The number of rotatable bonds is 1. The number of fused-ring (bicyclic) bond motifs is 3. The Balaban J connectivity index is 1.75. The minimum atomic E-state index is 0.674. The Morgan fingerprint density at radius 2 is 1.81 bits per heavy atom. The highest BCUT2D eigenvalue weighted by Crippen LogP contribution is 2.38. The maximum Gasteiger partial charge on any atom is 0.228 e. The van der Waals surface area contributed by atoms with E-state index in [-0.39, 0.29) is 0 Å². The smallest absolute Gasteiger partial charge is 0.228 e. The van der Waals surface area contributed by atoms with Gasteiger partial charge in [-0.25, -0.2) is 4.98 Å². The zero-order chi connectivity index (χ0) is 14.4. The van der Waals surface area contributed by atoms with Gasteiger partial charge in [-0.05, 0) is 38.3 Å². The molecule has 112 valence electrons. The Labute approximate surface area is 128 Å². The lowest BCUT2D eigenvalue weighted by molar-refractivity contribution is 0.311. The van der Waals surface area contributed by atoms with Crippen LogP contribution in [-0.2, 0) is 12.8 Å². The summed E-state index contributed by atoms with van der Waals surface area (Å²) < 4.78 is 0. The van der Waals surface area contributed by atoms with Crippen LogP contribution in [0, 0.1) is 0 Å². The van der Waals surface area contributed by atoms with Crippen molar-refractivity contribution < 1.29 is 0 Å². The largest absolute Gasteiger partial charge is 0.383 e. The molecule has 5 nitrogen and oxygen atoms in total. The molecule has 3 heterocycles. The van der Waals surface area contributed by atoms with E-state index < -0.39 is 0 Å². The van der Waals surface area contributed by atoms with Gasteiger partial charge >= 0.3 is 0 Å². The summed E-state index contributed by atoms with van der Waals surface area (Å²) in [6.07, 6.45) is 4.87. The molecule has 0 atom stereocenters. The Kier molecular flexibility index (Phi) is 3.23. The highest BCUT2D eigenvalue weighted by Gasteiger charge is 2.22. The third-order valence-electron chi connectivity index (χ3n) is 4.62. The van der Waals surface area contributed by atoms with Gasteiger partial charge in [-0.15, -0.1) is 11.3 Å². The number of aryl methyl sites for hydroxylation is 2. The summed E-state index contributed by atoms with van der Waals surface area (Å²) in [5, 5.41) is 1.13. The molecule has 2 aromatic rings. The van der Waals surface area contributed by atoms with Gasteiger partial charge < -0.3 is 15.5 Å². The molecule has 0 unspecified atom stereocenters. The molecule has 21 heavy (non-hydrogen) atoms. The standard InChI is InChI=1S/C15H21N5S/c1-19-6-8-20(9-7-19)15-17-13(16)12-10-4-2-3-5-11(10)21-14(12)18-15/h2-9H2,1H3,(H2,16,17,18). The topological polar surface area (TPSA) is 58.3 Å². The second-order valence-corrected chi connectivity index (χ2v) is 7.17. The second-order valence-electron chi connectivity index (χ2n) is 6.09. The highest BCUT2D eigenvalue weighted by atomic mass is 32.1. The molecule has 2 N–H and O–H groups in total. The van der Waals surface area contributed by atoms with Crippen molar-refractivity contribution in [2.75, 3.05) is 43.9 Å². The van der Waals surface area contributed by atoms with Crippen LogP contribution in [0.5, 0.6) is 0 Å². The summed E-state index contributed by atoms with van der Waals surface area (Å²) in [5.74, 6) is 1.49. The van der Waals surface area contributed by atoms with E-state index in [2.05, 4.69) is 21.8 Å². The summed E-state index contributed by atoms with van der Waals surface area (Å²) in [4.78, 5) is 16.6. The summed E-state index contributed by atoms with van der Waals surface area (Å²) >= 11 is 1.82. The number of likely N-dealkylation sites (N-methyl/N-ethyl adjacent to an activating group) is 1. The molecule has 1 fully saturated rings. The fraction of sp³-hybridized carbons (Fsp3) is 0.600. The maximum absolute atomic E-state index is 6.28. The Morgan fingerprint density at radius 3 is 2.62 bits per heavy atom. The third kappa shape index (κ3) is 2.26. The Hall–Kier alpha value is -1.40. The van der Waals surface area contributed by atoms with Crippen LogP contribution in [0.1, 0.15) is 23.3 Å². The number of piperazine rings is 1. The van der Waals surface area contributed by atoms with Crippen molar-refractivity contribution in [3.8, 4) is 0 Å². The summed E-state index contributed by atoms with van der Waals surface area (Å²) in [6, 6.07) is 0. The Bertz CT molecular complexity index is 672. The number of nitrogens with two attached hydrogens (primary N) is 1. The monoisotopic (exact) mass is 303 g/mol. The lowest BCUT2D eigenvalue weighted by Crippen LogP contribution is -2.45. The van der Waals surface area contributed by atoms with Gasteiger partial charge in [-0.3, -0.25) is 0 Å². The van der Waals surface area contributed by atoms with Gasteiger partial charge in [0.05, 0.1) is 5.39 Å². The SMILES string of the molecule is CN1CCN(c2nc(N)c3c4c(sc3n2)CCCC4)CC1. The van der Waals surface area contributed by atoms with Crippen molar-refractivity contribution in [3.63, 3.8) is 0 Å². The molecule has 0 radical (unpaired) electrons. The molecule has 1 aliphatic carbocycles. The van der Waals surface area contributed by atoms with E-state index in [1.807, 2.05) is 11.3 Å². The van der Waals surface area contributed by atoms with Crippen LogP contribution in [0.15, 0.2) is 0 Å². The average molecular weight is 303 g/mol. The van der Waals surface area contributed by atoms with Crippen LogP contribution in [0.2, 0.25) is 0 Å². The average Bonchev–Trinajstić information content (AvgIpc) is 2.86. The summed E-state index contributed by atoms with van der Waals surface area (Å²) in [5.41, 5.74) is 7.70. The van der Waals surface area contributed by atoms with Gasteiger partial charge in [0.1, 0.15) is 10.6 Å². The minimum Gasteiger partial charge on any atom is -0.383 e. The molecule has 0 amide bonds. The van der Waals surface area contributed by atoms with E-state index in [1.165, 1.54) is 29.7 Å².